The summed E-state index contributed by atoms with van der Waals surface area (Å²) in [5.74, 6) is 0. The van der Waals surface area contributed by atoms with Crippen LogP contribution in [0.25, 0.3) is 0 Å². The molecule has 0 saturated carbocycles. The van der Waals surface area contributed by atoms with Crippen molar-refractivity contribution in [3.8, 4) is 0 Å². The maximum Gasteiger partial charge on any atom is 0.148 e. The molecule has 0 heterocycles. The maximum absolute atomic E-state index is 5.16. The third-order valence-electron chi connectivity index (χ3n) is 1.25. The first-order chi connectivity index (χ1) is 5.85. The van der Waals surface area contributed by atoms with Gasteiger partial charge >= 0.3 is 0 Å². The number of hydrogen-bond acceptors (Lipinski definition) is 3. The molecular weight excluding hydrogens is 154 g/mol. The summed E-state index contributed by atoms with van der Waals surface area (Å²) in [6.45, 7) is 9.77. The molecule has 3 nitrogen and oxygen atoms in total. The van der Waals surface area contributed by atoms with Gasteiger partial charge in [-0.05, 0) is 0 Å². The van der Waals surface area contributed by atoms with Crippen molar-refractivity contribution in [1.82, 2.24) is 4.90 Å². The zero-order chi connectivity index (χ0) is 9.23. The third-order valence-corrected chi connectivity index (χ3v) is 1.25. The van der Waals surface area contributed by atoms with E-state index in [1.54, 1.807) is 7.11 Å². The minimum absolute atomic E-state index is 0.324. The van der Waals surface area contributed by atoms with Crippen LogP contribution in [0.4, 0.5) is 0 Å². The van der Waals surface area contributed by atoms with Gasteiger partial charge in [-0.25, -0.2) is 0 Å². The van der Waals surface area contributed by atoms with Crippen LogP contribution in [0, 0.1) is 0 Å². The van der Waals surface area contributed by atoms with E-state index in [0.717, 1.165) is 13.1 Å². The van der Waals surface area contributed by atoms with Crippen molar-refractivity contribution in [3.05, 3.63) is 25.3 Å². The molecule has 0 fully saturated rings. The molecule has 3 heteroatoms. The Morgan fingerprint density at radius 2 is 1.83 bits per heavy atom. The lowest BCUT2D eigenvalue weighted by atomic mass is 10.5. The number of rotatable bonds is 8. The molecule has 70 valence electrons. The van der Waals surface area contributed by atoms with Crippen LogP contribution in [0.15, 0.2) is 25.3 Å². The van der Waals surface area contributed by atoms with E-state index in [9.17, 15) is 0 Å². The summed E-state index contributed by atoms with van der Waals surface area (Å²) in [5, 5.41) is 0. The Morgan fingerprint density at radius 3 is 2.25 bits per heavy atom. The number of methoxy groups -OCH3 is 1. The fourth-order valence-corrected chi connectivity index (χ4v) is 0.795. The topological polar surface area (TPSA) is 21.7 Å². The fraction of sp³-hybridized carbons (Fsp3) is 0.556. The van der Waals surface area contributed by atoms with Crippen molar-refractivity contribution in [2.75, 3.05) is 33.7 Å². The Morgan fingerprint density at radius 1 is 1.25 bits per heavy atom. The van der Waals surface area contributed by atoms with Gasteiger partial charge in [-0.2, -0.15) is 0 Å². The summed E-state index contributed by atoms with van der Waals surface area (Å²) < 4.78 is 9.91. The molecule has 0 aliphatic rings. The maximum atomic E-state index is 5.16. The number of hydrogen-bond donors (Lipinski definition) is 0. The van der Waals surface area contributed by atoms with Crippen LogP contribution in [-0.4, -0.2) is 38.6 Å². The molecule has 0 aromatic carbocycles. The van der Waals surface area contributed by atoms with Crippen molar-refractivity contribution < 1.29 is 9.47 Å². The molecule has 12 heavy (non-hydrogen) atoms. The van der Waals surface area contributed by atoms with E-state index in [1.165, 1.54) is 0 Å². The van der Waals surface area contributed by atoms with Crippen molar-refractivity contribution >= 4 is 0 Å². The van der Waals surface area contributed by atoms with Crippen molar-refractivity contribution in [1.29, 1.82) is 0 Å². The van der Waals surface area contributed by atoms with Crippen LogP contribution >= 0.6 is 0 Å². The highest BCUT2D eigenvalue weighted by Crippen LogP contribution is 1.89. The van der Waals surface area contributed by atoms with Crippen LogP contribution in [-0.2, 0) is 9.47 Å². The van der Waals surface area contributed by atoms with Crippen molar-refractivity contribution in [2.45, 2.75) is 0 Å². The van der Waals surface area contributed by atoms with E-state index in [-0.39, 0.29) is 0 Å². The number of ether oxygens (including phenoxy) is 2. The van der Waals surface area contributed by atoms with Gasteiger partial charge in [0, 0.05) is 20.2 Å². The predicted octanol–water partition coefficient (Wildman–Crippen LogP) is 1.24. The first kappa shape index (κ1) is 11.4. The Bertz CT molecular complexity index is 116. The molecule has 0 aliphatic heterocycles. The minimum atomic E-state index is 0.324. The summed E-state index contributed by atoms with van der Waals surface area (Å²) in [4.78, 5) is 2.05. The highest BCUT2D eigenvalue weighted by atomic mass is 16.7. The summed E-state index contributed by atoms with van der Waals surface area (Å²) in [6.07, 6.45) is 3.67. The lowest BCUT2D eigenvalue weighted by Crippen LogP contribution is -2.27. The molecule has 0 aromatic heterocycles. The normalized spacial score (nSPS) is 10.2. The first-order valence-electron chi connectivity index (χ1n) is 3.86. The summed E-state index contributed by atoms with van der Waals surface area (Å²) in [7, 11) is 1.60. The second-order valence-corrected chi connectivity index (χ2v) is 2.35. The molecule has 0 aromatic rings. The Balaban J connectivity index is 3.47. The molecular formula is C9H17NO2. The Labute approximate surface area is 74.3 Å². The molecule has 0 aliphatic carbocycles. The molecule has 0 rings (SSSR count). The summed E-state index contributed by atoms with van der Waals surface area (Å²) in [6, 6.07) is 0. The van der Waals surface area contributed by atoms with E-state index in [0.29, 0.717) is 13.5 Å². The van der Waals surface area contributed by atoms with Crippen molar-refractivity contribution in [3.63, 3.8) is 0 Å². The van der Waals surface area contributed by atoms with Crippen LogP contribution in [0.1, 0.15) is 0 Å². The number of nitrogens with zero attached hydrogens (tertiary/aromatic N) is 1. The quantitative estimate of drug-likeness (QED) is 0.311. The lowest BCUT2D eigenvalue weighted by Gasteiger charge is -2.17. The second-order valence-electron chi connectivity index (χ2n) is 2.35. The Kier molecular flexibility index (Phi) is 8.01. The van der Waals surface area contributed by atoms with Gasteiger partial charge in [0.1, 0.15) is 13.5 Å². The summed E-state index contributed by atoms with van der Waals surface area (Å²) >= 11 is 0. The fourth-order valence-electron chi connectivity index (χ4n) is 0.795. The highest BCUT2D eigenvalue weighted by molar-refractivity contribution is 4.78. The smallest absolute Gasteiger partial charge is 0.148 e. The second kappa shape index (κ2) is 8.46. The van der Waals surface area contributed by atoms with Gasteiger partial charge in [0.2, 0.25) is 0 Å². The van der Waals surface area contributed by atoms with E-state index >= 15 is 0 Å². The highest BCUT2D eigenvalue weighted by Gasteiger charge is 1.98. The Hall–Kier alpha value is -0.640. The molecule has 0 amide bonds. The van der Waals surface area contributed by atoms with Crippen LogP contribution in [0.5, 0.6) is 0 Å². The molecule has 0 radical (unpaired) electrons. The van der Waals surface area contributed by atoms with Gasteiger partial charge < -0.3 is 9.47 Å². The van der Waals surface area contributed by atoms with Crippen LogP contribution in [0.3, 0.4) is 0 Å². The van der Waals surface area contributed by atoms with Gasteiger partial charge in [0.05, 0.1) is 0 Å². The zero-order valence-corrected chi connectivity index (χ0v) is 7.66. The SMILES string of the molecule is C=CCN(CC=C)COCOC. The lowest BCUT2D eigenvalue weighted by molar-refractivity contribution is -0.0686. The largest absolute Gasteiger partial charge is 0.359 e. The standard InChI is InChI=1S/C9H17NO2/c1-4-6-10(7-5-2)8-12-9-11-3/h4-5H,1-2,6-9H2,3H3. The average molecular weight is 171 g/mol. The molecule has 0 spiro atoms. The monoisotopic (exact) mass is 171 g/mol. The summed E-state index contributed by atoms with van der Waals surface area (Å²) in [5.41, 5.74) is 0. The zero-order valence-electron chi connectivity index (χ0n) is 7.66. The van der Waals surface area contributed by atoms with Gasteiger partial charge in [-0.1, -0.05) is 12.2 Å². The van der Waals surface area contributed by atoms with E-state index < -0.39 is 0 Å². The van der Waals surface area contributed by atoms with Crippen LogP contribution in [0.2, 0.25) is 0 Å². The predicted molar refractivity (Wildman–Crippen MR) is 49.8 cm³/mol. The molecule has 0 atom stereocenters. The first-order valence-corrected chi connectivity index (χ1v) is 3.86. The molecule has 0 N–H and O–H groups in total. The van der Waals surface area contributed by atoms with E-state index in [4.69, 9.17) is 9.47 Å². The van der Waals surface area contributed by atoms with Gasteiger partial charge in [-0.15, -0.1) is 13.2 Å². The van der Waals surface area contributed by atoms with Crippen LogP contribution < -0.4 is 0 Å². The molecule has 0 unspecified atom stereocenters. The van der Waals surface area contributed by atoms with Gasteiger partial charge in [0.25, 0.3) is 0 Å². The van der Waals surface area contributed by atoms with E-state index in [2.05, 4.69) is 18.1 Å². The average Bonchev–Trinajstić information content (AvgIpc) is 2.06. The van der Waals surface area contributed by atoms with Gasteiger partial charge in [-0.3, -0.25) is 4.90 Å². The van der Waals surface area contributed by atoms with E-state index in [1.807, 2.05) is 12.2 Å². The minimum Gasteiger partial charge on any atom is -0.359 e. The third kappa shape index (κ3) is 6.09. The van der Waals surface area contributed by atoms with Crippen molar-refractivity contribution in [2.24, 2.45) is 0 Å². The van der Waals surface area contributed by atoms with Gasteiger partial charge in [0.15, 0.2) is 0 Å². The molecule has 0 bridgehead atoms. The molecule has 0 saturated heterocycles.